The molecule has 1 unspecified atom stereocenters. The normalized spacial score (nSPS) is 14.1. The van der Waals surface area contributed by atoms with Crippen LogP contribution in [-0.4, -0.2) is 25.0 Å². The quantitative estimate of drug-likeness (QED) is 0.576. The average Bonchev–Trinajstić information content (AvgIpc) is 3.02. The van der Waals surface area contributed by atoms with E-state index in [1.54, 1.807) is 13.0 Å². The SMILES string of the molecule is CCC(C(C)=N)(c1ccc(Cl)cc1)n1ccc2c(NS(C)(=O)=O)cccc21. The highest BCUT2D eigenvalue weighted by atomic mass is 35.5. The third-order valence-electron chi connectivity index (χ3n) is 4.89. The van der Waals surface area contributed by atoms with Gasteiger partial charge in [0.05, 0.1) is 17.5 Å². The Balaban J connectivity index is 2.28. The maximum absolute atomic E-state index is 11.7. The van der Waals surface area contributed by atoms with Crippen LogP contribution in [0, 0.1) is 5.41 Å². The summed E-state index contributed by atoms with van der Waals surface area (Å²) in [6.07, 6.45) is 3.71. The van der Waals surface area contributed by atoms with E-state index in [9.17, 15) is 8.42 Å². The number of aromatic nitrogens is 1. The van der Waals surface area contributed by atoms with Crippen LogP contribution in [0.2, 0.25) is 5.02 Å². The maximum Gasteiger partial charge on any atom is 0.229 e. The molecule has 3 aromatic rings. The largest absolute Gasteiger partial charge is 0.332 e. The van der Waals surface area contributed by atoms with E-state index in [1.165, 1.54) is 0 Å². The first-order chi connectivity index (χ1) is 12.7. The second-order valence-corrected chi connectivity index (χ2v) is 8.83. The fourth-order valence-electron chi connectivity index (χ4n) is 3.69. The van der Waals surface area contributed by atoms with Crippen molar-refractivity contribution in [2.75, 3.05) is 11.0 Å². The first kappa shape index (κ1) is 19.5. The standard InChI is InChI=1S/C20H22ClN3O2S/c1-4-20(14(2)22,15-8-10-16(21)11-9-15)24-13-12-17-18(23-27(3,25)26)6-5-7-19(17)24/h5-13,22-23H,4H2,1-3H3. The Morgan fingerprint density at radius 3 is 2.41 bits per heavy atom. The van der Waals surface area contributed by atoms with Crippen molar-refractivity contribution in [2.24, 2.45) is 0 Å². The molecular weight excluding hydrogens is 382 g/mol. The summed E-state index contributed by atoms with van der Waals surface area (Å²) in [4.78, 5) is 0. The first-order valence-electron chi connectivity index (χ1n) is 8.59. The van der Waals surface area contributed by atoms with Crippen molar-refractivity contribution in [1.29, 1.82) is 5.41 Å². The van der Waals surface area contributed by atoms with Crippen molar-refractivity contribution in [3.05, 3.63) is 65.3 Å². The minimum Gasteiger partial charge on any atom is -0.332 e. The van der Waals surface area contributed by atoms with Gasteiger partial charge in [-0.1, -0.05) is 36.7 Å². The highest BCUT2D eigenvalue weighted by molar-refractivity contribution is 7.92. The van der Waals surface area contributed by atoms with Gasteiger partial charge in [0.15, 0.2) is 0 Å². The summed E-state index contributed by atoms with van der Waals surface area (Å²) in [6, 6.07) is 14.9. The molecule has 0 spiro atoms. The molecule has 0 aliphatic heterocycles. The van der Waals surface area contributed by atoms with Crippen LogP contribution in [0.25, 0.3) is 10.9 Å². The summed E-state index contributed by atoms with van der Waals surface area (Å²) in [7, 11) is -3.39. The average molecular weight is 404 g/mol. The molecule has 0 bridgehead atoms. The third-order valence-corrected chi connectivity index (χ3v) is 5.74. The van der Waals surface area contributed by atoms with Crippen molar-refractivity contribution in [1.82, 2.24) is 4.57 Å². The van der Waals surface area contributed by atoms with Gasteiger partial charge in [0.1, 0.15) is 5.54 Å². The number of benzene rings is 2. The molecule has 0 amide bonds. The lowest BCUT2D eigenvalue weighted by Gasteiger charge is -2.36. The Kier molecular flexibility index (Phi) is 5.06. The number of nitrogens with zero attached hydrogens (tertiary/aromatic N) is 1. The van der Waals surface area contributed by atoms with E-state index >= 15 is 0 Å². The van der Waals surface area contributed by atoms with Gasteiger partial charge in [-0.25, -0.2) is 8.42 Å². The minimum atomic E-state index is -3.39. The van der Waals surface area contributed by atoms with Crippen LogP contribution in [0.1, 0.15) is 25.8 Å². The van der Waals surface area contributed by atoms with Gasteiger partial charge in [-0.05, 0) is 49.2 Å². The lowest BCUT2D eigenvalue weighted by atomic mass is 9.82. The van der Waals surface area contributed by atoms with E-state index in [1.807, 2.05) is 60.2 Å². The zero-order chi connectivity index (χ0) is 19.8. The van der Waals surface area contributed by atoms with Gasteiger partial charge in [0, 0.05) is 22.3 Å². The minimum absolute atomic E-state index is 0.492. The van der Waals surface area contributed by atoms with E-state index in [4.69, 9.17) is 17.0 Å². The topological polar surface area (TPSA) is 75.0 Å². The molecule has 0 aliphatic rings. The molecule has 0 fully saturated rings. The van der Waals surface area contributed by atoms with E-state index in [0.29, 0.717) is 22.8 Å². The van der Waals surface area contributed by atoms with Crippen LogP contribution < -0.4 is 4.72 Å². The molecule has 0 saturated carbocycles. The fraction of sp³-hybridized carbons (Fsp3) is 0.250. The molecule has 5 nitrogen and oxygen atoms in total. The van der Waals surface area contributed by atoms with Crippen molar-refractivity contribution >= 4 is 43.9 Å². The summed E-state index contributed by atoms with van der Waals surface area (Å²) in [6.45, 7) is 3.83. The van der Waals surface area contributed by atoms with E-state index in [-0.39, 0.29) is 0 Å². The van der Waals surface area contributed by atoms with Crippen molar-refractivity contribution in [3.8, 4) is 0 Å². The Labute approximate surface area is 164 Å². The highest BCUT2D eigenvalue weighted by Gasteiger charge is 2.35. The van der Waals surface area contributed by atoms with Crippen LogP contribution in [0.4, 0.5) is 5.69 Å². The van der Waals surface area contributed by atoms with Gasteiger partial charge < -0.3 is 9.98 Å². The Morgan fingerprint density at radius 2 is 1.85 bits per heavy atom. The lowest BCUT2D eigenvalue weighted by Crippen LogP contribution is -2.40. The van der Waals surface area contributed by atoms with Crippen LogP contribution in [0.5, 0.6) is 0 Å². The Bertz CT molecular complexity index is 1100. The zero-order valence-corrected chi connectivity index (χ0v) is 17.0. The van der Waals surface area contributed by atoms with Crippen LogP contribution >= 0.6 is 11.6 Å². The van der Waals surface area contributed by atoms with Gasteiger partial charge >= 0.3 is 0 Å². The molecule has 27 heavy (non-hydrogen) atoms. The van der Waals surface area contributed by atoms with E-state index in [2.05, 4.69) is 4.72 Å². The molecule has 2 aromatic carbocycles. The molecule has 0 saturated heterocycles. The summed E-state index contributed by atoms with van der Waals surface area (Å²) >= 11 is 6.06. The predicted octanol–water partition coefficient (Wildman–Crippen LogP) is 4.86. The third kappa shape index (κ3) is 3.47. The second-order valence-electron chi connectivity index (χ2n) is 6.64. The summed E-state index contributed by atoms with van der Waals surface area (Å²) in [5, 5.41) is 10.0. The summed E-state index contributed by atoms with van der Waals surface area (Å²) < 4.78 is 28.0. The lowest BCUT2D eigenvalue weighted by molar-refractivity contribution is 0.477. The van der Waals surface area contributed by atoms with Crippen molar-refractivity contribution in [3.63, 3.8) is 0 Å². The second kappa shape index (κ2) is 7.02. The van der Waals surface area contributed by atoms with E-state index in [0.717, 1.165) is 22.7 Å². The molecular formula is C20H22ClN3O2S. The smallest absolute Gasteiger partial charge is 0.229 e. The Morgan fingerprint density at radius 1 is 1.19 bits per heavy atom. The van der Waals surface area contributed by atoms with Gasteiger partial charge in [-0.2, -0.15) is 0 Å². The number of rotatable bonds is 6. The highest BCUT2D eigenvalue weighted by Crippen LogP contribution is 2.37. The Hall–Kier alpha value is -2.31. The van der Waals surface area contributed by atoms with Crippen LogP contribution in [0.15, 0.2) is 54.7 Å². The fourth-order valence-corrected chi connectivity index (χ4v) is 4.39. The number of hydrogen-bond donors (Lipinski definition) is 2. The number of nitrogens with one attached hydrogen (secondary N) is 2. The van der Waals surface area contributed by atoms with E-state index < -0.39 is 15.6 Å². The molecule has 0 aliphatic carbocycles. The number of anilines is 1. The molecule has 2 N–H and O–H groups in total. The monoisotopic (exact) mass is 403 g/mol. The molecule has 7 heteroatoms. The number of fused-ring (bicyclic) bond motifs is 1. The summed E-state index contributed by atoms with van der Waals surface area (Å²) in [5.41, 5.74) is 2.15. The van der Waals surface area contributed by atoms with Gasteiger partial charge in [-0.15, -0.1) is 0 Å². The van der Waals surface area contributed by atoms with Gasteiger partial charge in [0.25, 0.3) is 0 Å². The molecule has 1 atom stereocenters. The number of halogens is 1. The van der Waals surface area contributed by atoms with Crippen molar-refractivity contribution < 1.29 is 8.42 Å². The molecule has 142 valence electrons. The molecule has 1 aromatic heterocycles. The maximum atomic E-state index is 11.7. The molecule has 0 radical (unpaired) electrons. The van der Waals surface area contributed by atoms with Crippen LogP contribution in [0.3, 0.4) is 0 Å². The summed E-state index contributed by atoms with van der Waals surface area (Å²) in [5.74, 6) is 0. The van der Waals surface area contributed by atoms with Gasteiger partial charge in [0.2, 0.25) is 10.0 Å². The number of hydrogen-bond acceptors (Lipinski definition) is 3. The number of sulfonamides is 1. The van der Waals surface area contributed by atoms with Gasteiger partial charge in [-0.3, -0.25) is 4.72 Å². The molecule has 1 heterocycles. The molecule has 3 rings (SSSR count). The van der Waals surface area contributed by atoms with Crippen molar-refractivity contribution in [2.45, 2.75) is 25.8 Å². The zero-order valence-electron chi connectivity index (χ0n) is 15.5. The predicted molar refractivity (Wildman–Crippen MR) is 113 cm³/mol. The first-order valence-corrected chi connectivity index (χ1v) is 10.9. The van der Waals surface area contributed by atoms with Crippen LogP contribution in [-0.2, 0) is 15.6 Å².